The van der Waals surface area contributed by atoms with Crippen LogP contribution in [0, 0.1) is 0 Å². The minimum atomic E-state index is -0.446. The van der Waals surface area contributed by atoms with Gasteiger partial charge < -0.3 is 4.74 Å². The monoisotopic (exact) mass is 291 g/mol. The van der Waals surface area contributed by atoms with Crippen molar-refractivity contribution < 1.29 is 9.53 Å². The SMILES string of the molecule is C=C(C)COc1ccc(C2(N=C=O)CCCC2)cc1Cl. The van der Waals surface area contributed by atoms with Gasteiger partial charge in [0.1, 0.15) is 12.4 Å². The van der Waals surface area contributed by atoms with Crippen molar-refractivity contribution in [3.63, 3.8) is 0 Å². The van der Waals surface area contributed by atoms with Crippen LogP contribution >= 0.6 is 11.6 Å². The molecule has 0 aromatic heterocycles. The van der Waals surface area contributed by atoms with Gasteiger partial charge in [-0.25, -0.2) is 4.79 Å². The quantitative estimate of drug-likeness (QED) is 0.458. The van der Waals surface area contributed by atoms with Crippen LogP contribution in [-0.4, -0.2) is 12.7 Å². The molecule has 1 aliphatic rings. The van der Waals surface area contributed by atoms with Gasteiger partial charge in [-0.2, -0.15) is 4.99 Å². The molecule has 20 heavy (non-hydrogen) atoms. The molecule has 1 aromatic rings. The number of hydrogen-bond donors (Lipinski definition) is 0. The van der Waals surface area contributed by atoms with Crippen LogP contribution in [0.5, 0.6) is 5.75 Å². The zero-order valence-electron chi connectivity index (χ0n) is 11.6. The second kappa shape index (κ2) is 6.25. The highest BCUT2D eigenvalue weighted by molar-refractivity contribution is 6.32. The molecule has 0 radical (unpaired) electrons. The highest BCUT2D eigenvalue weighted by atomic mass is 35.5. The highest BCUT2D eigenvalue weighted by Gasteiger charge is 2.36. The second-order valence-electron chi connectivity index (χ2n) is 5.33. The number of benzene rings is 1. The lowest BCUT2D eigenvalue weighted by atomic mass is 9.89. The Morgan fingerprint density at radius 1 is 1.50 bits per heavy atom. The summed E-state index contributed by atoms with van der Waals surface area (Å²) in [4.78, 5) is 14.8. The third kappa shape index (κ3) is 3.12. The van der Waals surface area contributed by atoms with Crippen LogP contribution in [0.1, 0.15) is 38.2 Å². The number of aliphatic imine (C=N–C) groups is 1. The maximum atomic E-state index is 10.7. The lowest BCUT2D eigenvalue weighted by molar-refractivity contribution is 0.352. The van der Waals surface area contributed by atoms with Crippen molar-refractivity contribution in [3.05, 3.63) is 40.9 Å². The molecule has 1 fully saturated rings. The first-order valence-electron chi connectivity index (χ1n) is 6.74. The molecule has 1 saturated carbocycles. The maximum Gasteiger partial charge on any atom is 0.235 e. The molecular formula is C16H18ClNO2. The van der Waals surface area contributed by atoms with Gasteiger partial charge in [0.05, 0.1) is 10.6 Å². The fraction of sp³-hybridized carbons (Fsp3) is 0.438. The van der Waals surface area contributed by atoms with Crippen LogP contribution in [-0.2, 0) is 10.3 Å². The van der Waals surface area contributed by atoms with E-state index in [0.29, 0.717) is 17.4 Å². The summed E-state index contributed by atoms with van der Waals surface area (Å²) in [5.74, 6) is 0.627. The minimum absolute atomic E-state index is 0.441. The predicted molar refractivity (Wildman–Crippen MR) is 80.0 cm³/mol. The number of halogens is 1. The molecule has 0 spiro atoms. The van der Waals surface area contributed by atoms with Crippen molar-refractivity contribution in [1.29, 1.82) is 0 Å². The van der Waals surface area contributed by atoms with Gasteiger partial charge in [-0.1, -0.05) is 37.1 Å². The molecular weight excluding hydrogens is 274 g/mol. The van der Waals surface area contributed by atoms with Gasteiger partial charge in [0.15, 0.2) is 0 Å². The van der Waals surface area contributed by atoms with E-state index in [2.05, 4.69) is 11.6 Å². The van der Waals surface area contributed by atoms with Crippen molar-refractivity contribution in [2.75, 3.05) is 6.61 Å². The van der Waals surface area contributed by atoms with Crippen LogP contribution in [0.25, 0.3) is 0 Å². The van der Waals surface area contributed by atoms with E-state index < -0.39 is 5.54 Å². The Morgan fingerprint density at radius 3 is 2.75 bits per heavy atom. The van der Waals surface area contributed by atoms with E-state index in [-0.39, 0.29) is 0 Å². The van der Waals surface area contributed by atoms with Crippen LogP contribution in [0.15, 0.2) is 35.3 Å². The zero-order chi connectivity index (χ0) is 14.6. The average molecular weight is 292 g/mol. The van der Waals surface area contributed by atoms with E-state index in [9.17, 15) is 4.79 Å². The number of rotatable bonds is 5. The summed E-state index contributed by atoms with van der Waals surface area (Å²) in [5.41, 5.74) is 1.45. The molecule has 1 aromatic carbocycles. The molecule has 0 bridgehead atoms. The smallest absolute Gasteiger partial charge is 0.235 e. The summed E-state index contributed by atoms with van der Waals surface area (Å²) in [6.45, 7) is 6.13. The molecule has 1 aliphatic carbocycles. The minimum Gasteiger partial charge on any atom is -0.488 e. The highest BCUT2D eigenvalue weighted by Crippen LogP contribution is 2.43. The lowest BCUT2D eigenvalue weighted by Crippen LogP contribution is -2.18. The van der Waals surface area contributed by atoms with Gasteiger partial charge in [-0.15, -0.1) is 0 Å². The molecule has 0 unspecified atom stereocenters. The third-order valence-corrected chi connectivity index (χ3v) is 3.93. The molecule has 2 rings (SSSR count). The largest absolute Gasteiger partial charge is 0.488 e. The molecule has 0 amide bonds. The lowest BCUT2D eigenvalue weighted by Gasteiger charge is -2.23. The molecule has 0 saturated heterocycles. The average Bonchev–Trinajstić information content (AvgIpc) is 2.87. The third-order valence-electron chi connectivity index (χ3n) is 3.63. The molecule has 0 heterocycles. The van der Waals surface area contributed by atoms with E-state index in [1.807, 2.05) is 25.1 Å². The summed E-state index contributed by atoms with van der Waals surface area (Å²) in [6.07, 6.45) is 5.58. The summed E-state index contributed by atoms with van der Waals surface area (Å²) in [5, 5.41) is 0.538. The van der Waals surface area contributed by atoms with Crippen LogP contribution < -0.4 is 4.74 Å². The fourth-order valence-corrected chi connectivity index (χ4v) is 2.86. The second-order valence-corrected chi connectivity index (χ2v) is 5.74. The van der Waals surface area contributed by atoms with E-state index in [4.69, 9.17) is 16.3 Å². The summed E-state index contributed by atoms with van der Waals surface area (Å²) in [7, 11) is 0. The Hall–Kier alpha value is -1.57. The van der Waals surface area contributed by atoms with Crippen molar-refractivity contribution in [1.82, 2.24) is 0 Å². The van der Waals surface area contributed by atoms with Gasteiger partial charge in [-0.05, 0) is 43.0 Å². The maximum absolute atomic E-state index is 10.7. The van der Waals surface area contributed by atoms with Gasteiger partial charge >= 0.3 is 0 Å². The first kappa shape index (κ1) is 14.8. The van der Waals surface area contributed by atoms with E-state index >= 15 is 0 Å². The number of nitrogens with zero attached hydrogens (tertiary/aromatic N) is 1. The predicted octanol–water partition coefficient (Wildman–Crippen LogP) is 4.40. The first-order valence-corrected chi connectivity index (χ1v) is 7.11. The van der Waals surface area contributed by atoms with Crippen LogP contribution in [0.2, 0.25) is 5.02 Å². The molecule has 0 N–H and O–H groups in total. The van der Waals surface area contributed by atoms with Crippen molar-refractivity contribution in [2.24, 2.45) is 4.99 Å². The van der Waals surface area contributed by atoms with Crippen LogP contribution in [0.4, 0.5) is 0 Å². The number of ether oxygens (including phenoxy) is 1. The Kier molecular flexibility index (Phi) is 4.64. The molecule has 0 atom stereocenters. The van der Waals surface area contributed by atoms with E-state index in [1.165, 1.54) is 0 Å². The van der Waals surface area contributed by atoms with Gasteiger partial charge in [0.25, 0.3) is 0 Å². The van der Waals surface area contributed by atoms with Gasteiger partial charge in [0, 0.05) is 0 Å². The Morgan fingerprint density at radius 2 is 2.20 bits per heavy atom. The first-order chi connectivity index (χ1) is 9.57. The normalized spacial score (nSPS) is 16.5. The number of hydrogen-bond acceptors (Lipinski definition) is 3. The van der Waals surface area contributed by atoms with Gasteiger partial charge in [-0.3, -0.25) is 0 Å². The Labute approximate surface area is 124 Å². The summed E-state index contributed by atoms with van der Waals surface area (Å²) in [6, 6.07) is 5.62. The fourth-order valence-electron chi connectivity index (χ4n) is 2.62. The topological polar surface area (TPSA) is 38.7 Å². The van der Waals surface area contributed by atoms with Gasteiger partial charge in [0.2, 0.25) is 6.08 Å². The number of carbonyl (C=O) groups excluding carboxylic acids is 1. The summed E-state index contributed by atoms with van der Waals surface area (Å²) >= 11 is 6.26. The van der Waals surface area contributed by atoms with Crippen molar-refractivity contribution >= 4 is 17.7 Å². The Balaban J connectivity index is 2.27. The van der Waals surface area contributed by atoms with E-state index in [0.717, 1.165) is 36.8 Å². The summed E-state index contributed by atoms with van der Waals surface area (Å²) < 4.78 is 5.57. The standard InChI is InChI=1S/C16H18ClNO2/c1-12(2)10-20-15-6-5-13(9-14(15)17)16(18-11-19)7-3-4-8-16/h5-6,9H,1,3-4,7-8,10H2,2H3. The zero-order valence-corrected chi connectivity index (χ0v) is 12.4. The van der Waals surface area contributed by atoms with E-state index in [1.54, 1.807) is 6.08 Å². The molecule has 3 nitrogen and oxygen atoms in total. The van der Waals surface area contributed by atoms with Crippen molar-refractivity contribution in [2.45, 2.75) is 38.1 Å². The molecule has 0 aliphatic heterocycles. The Bertz CT molecular complexity index is 556. The molecule has 4 heteroatoms. The van der Waals surface area contributed by atoms with Crippen LogP contribution in [0.3, 0.4) is 0 Å². The number of isocyanates is 1. The van der Waals surface area contributed by atoms with Crippen molar-refractivity contribution in [3.8, 4) is 5.75 Å². The molecule has 106 valence electrons.